The topological polar surface area (TPSA) is 58.9 Å². The van der Waals surface area contributed by atoms with Gasteiger partial charge in [0.25, 0.3) is 0 Å². The molecule has 1 fully saturated rings. The lowest BCUT2D eigenvalue weighted by Crippen LogP contribution is -2.29. The molecular formula is C13H19BO4. The largest absolute Gasteiger partial charge is 0.491 e. The minimum absolute atomic E-state index is 0.0584. The fourth-order valence-electron chi connectivity index (χ4n) is 2.15. The van der Waals surface area contributed by atoms with Gasteiger partial charge in [-0.2, -0.15) is 0 Å². The Balaban J connectivity index is 1.89. The molecule has 1 heterocycles. The van der Waals surface area contributed by atoms with E-state index in [9.17, 15) is 0 Å². The standard InChI is InChI=1S/C13H19BO4/c1-13(2)7-6-12(18-13)9-17-11-5-3-4-10(8-11)14(15)16/h3-5,8,12,15-16H,6-7,9H2,1-2H3. The molecule has 1 aromatic carbocycles. The predicted octanol–water partition coefficient (Wildman–Crippen LogP) is 0.703. The molecule has 0 radical (unpaired) electrons. The van der Waals surface area contributed by atoms with Gasteiger partial charge in [0.15, 0.2) is 0 Å². The van der Waals surface area contributed by atoms with Gasteiger partial charge in [-0.3, -0.25) is 0 Å². The second kappa shape index (κ2) is 5.30. The predicted molar refractivity (Wildman–Crippen MR) is 69.9 cm³/mol. The average Bonchev–Trinajstić information content (AvgIpc) is 2.67. The summed E-state index contributed by atoms with van der Waals surface area (Å²) >= 11 is 0. The van der Waals surface area contributed by atoms with Gasteiger partial charge in [-0.15, -0.1) is 0 Å². The maximum Gasteiger partial charge on any atom is 0.488 e. The number of rotatable bonds is 4. The Hall–Kier alpha value is -1.04. The van der Waals surface area contributed by atoms with Crippen molar-refractivity contribution in [3.05, 3.63) is 24.3 Å². The van der Waals surface area contributed by atoms with Gasteiger partial charge in [-0.05, 0) is 44.3 Å². The zero-order chi connectivity index (χ0) is 13.2. The molecule has 4 nitrogen and oxygen atoms in total. The fraction of sp³-hybridized carbons (Fsp3) is 0.538. The van der Waals surface area contributed by atoms with Gasteiger partial charge in [-0.1, -0.05) is 12.1 Å². The Bertz CT molecular complexity index is 406. The zero-order valence-corrected chi connectivity index (χ0v) is 10.8. The van der Waals surface area contributed by atoms with Crippen LogP contribution in [0.1, 0.15) is 26.7 Å². The molecule has 0 saturated carbocycles. The third kappa shape index (κ3) is 3.48. The Morgan fingerprint density at radius 2 is 2.22 bits per heavy atom. The Kier molecular flexibility index (Phi) is 3.95. The summed E-state index contributed by atoms with van der Waals surface area (Å²) in [5.41, 5.74) is 0.372. The highest BCUT2D eigenvalue weighted by Gasteiger charge is 2.31. The SMILES string of the molecule is CC1(C)CCC(COc2cccc(B(O)O)c2)O1. The molecule has 1 aliphatic rings. The molecule has 98 valence electrons. The third-order valence-corrected chi connectivity index (χ3v) is 3.15. The monoisotopic (exact) mass is 250 g/mol. The first kappa shape index (κ1) is 13.4. The summed E-state index contributed by atoms with van der Waals surface area (Å²) in [5.74, 6) is 0.633. The van der Waals surface area contributed by atoms with Crippen LogP contribution in [0.2, 0.25) is 0 Å². The lowest BCUT2D eigenvalue weighted by Gasteiger charge is -2.19. The highest BCUT2D eigenvalue weighted by Crippen LogP contribution is 2.29. The van der Waals surface area contributed by atoms with Crippen molar-refractivity contribution in [2.45, 2.75) is 38.4 Å². The van der Waals surface area contributed by atoms with Gasteiger partial charge in [-0.25, -0.2) is 0 Å². The smallest absolute Gasteiger partial charge is 0.488 e. The van der Waals surface area contributed by atoms with E-state index in [0.29, 0.717) is 17.8 Å². The van der Waals surface area contributed by atoms with Crippen molar-refractivity contribution in [1.82, 2.24) is 0 Å². The molecule has 1 atom stereocenters. The van der Waals surface area contributed by atoms with Crippen molar-refractivity contribution in [1.29, 1.82) is 0 Å². The summed E-state index contributed by atoms with van der Waals surface area (Å²) in [6, 6.07) is 6.81. The second-order valence-corrected chi connectivity index (χ2v) is 5.30. The summed E-state index contributed by atoms with van der Waals surface area (Å²) in [7, 11) is -1.46. The van der Waals surface area contributed by atoms with E-state index < -0.39 is 7.12 Å². The summed E-state index contributed by atoms with van der Waals surface area (Å²) < 4.78 is 11.5. The molecule has 2 N–H and O–H groups in total. The first-order valence-corrected chi connectivity index (χ1v) is 6.23. The van der Waals surface area contributed by atoms with Crippen molar-refractivity contribution < 1.29 is 19.5 Å². The molecule has 1 aliphatic heterocycles. The molecule has 1 aromatic rings. The van der Waals surface area contributed by atoms with Crippen LogP contribution in [0.3, 0.4) is 0 Å². The molecule has 2 rings (SSSR count). The molecule has 1 saturated heterocycles. The van der Waals surface area contributed by atoms with E-state index >= 15 is 0 Å². The molecule has 0 aliphatic carbocycles. The van der Waals surface area contributed by atoms with Gasteiger partial charge in [0, 0.05) is 0 Å². The number of benzene rings is 1. The average molecular weight is 250 g/mol. The van der Waals surface area contributed by atoms with Crippen LogP contribution in [0.25, 0.3) is 0 Å². The van der Waals surface area contributed by atoms with Crippen molar-refractivity contribution in [2.75, 3.05) is 6.61 Å². The van der Waals surface area contributed by atoms with Crippen LogP contribution in [0.4, 0.5) is 0 Å². The number of ether oxygens (including phenoxy) is 2. The van der Waals surface area contributed by atoms with Crippen molar-refractivity contribution in [3.8, 4) is 5.75 Å². The van der Waals surface area contributed by atoms with Crippen LogP contribution < -0.4 is 10.2 Å². The molecule has 18 heavy (non-hydrogen) atoms. The molecule has 1 unspecified atom stereocenters. The van der Waals surface area contributed by atoms with E-state index in [0.717, 1.165) is 12.8 Å². The van der Waals surface area contributed by atoms with Crippen LogP contribution >= 0.6 is 0 Å². The lowest BCUT2D eigenvalue weighted by molar-refractivity contribution is -0.0326. The quantitative estimate of drug-likeness (QED) is 0.772. The highest BCUT2D eigenvalue weighted by atomic mass is 16.6. The molecule has 0 bridgehead atoms. The minimum atomic E-state index is -1.46. The summed E-state index contributed by atoms with van der Waals surface area (Å²) in [6.07, 6.45) is 2.15. The van der Waals surface area contributed by atoms with E-state index in [1.54, 1.807) is 24.3 Å². The summed E-state index contributed by atoms with van der Waals surface area (Å²) in [5, 5.41) is 18.1. The zero-order valence-electron chi connectivity index (χ0n) is 10.8. The Morgan fingerprint density at radius 3 is 2.83 bits per heavy atom. The molecular weight excluding hydrogens is 231 g/mol. The Morgan fingerprint density at radius 1 is 1.44 bits per heavy atom. The van der Waals surface area contributed by atoms with E-state index in [1.807, 2.05) is 0 Å². The van der Waals surface area contributed by atoms with Crippen LogP contribution in [0.15, 0.2) is 24.3 Å². The van der Waals surface area contributed by atoms with Crippen molar-refractivity contribution >= 4 is 12.6 Å². The first-order valence-electron chi connectivity index (χ1n) is 6.23. The molecule has 0 amide bonds. The van der Waals surface area contributed by atoms with Gasteiger partial charge in [0.1, 0.15) is 12.4 Å². The van der Waals surface area contributed by atoms with Crippen molar-refractivity contribution in [2.24, 2.45) is 0 Å². The van der Waals surface area contributed by atoms with Crippen molar-refractivity contribution in [3.63, 3.8) is 0 Å². The van der Waals surface area contributed by atoms with E-state index in [-0.39, 0.29) is 11.7 Å². The number of hydrogen-bond acceptors (Lipinski definition) is 4. The lowest BCUT2D eigenvalue weighted by atomic mass is 9.80. The van der Waals surface area contributed by atoms with Crippen LogP contribution in [-0.2, 0) is 4.74 Å². The Labute approximate surface area is 108 Å². The van der Waals surface area contributed by atoms with Gasteiger partial charge in [0.05, 0.1) is 11.7 Å². The summed E-state index contributed by atoms with van der Waals surface area (Å²) in [4.78, 5) is 0. The molecule has 0 aromatic heterocycles. The second-order valence-electron chi connectivity index (χ2n) is 5.30. The van der Waals surface area contributed by atoms with Gasteiger partial charge in [0.2, 0.25) is 0 Å². The van der Waals surface area contributed by atoms with Crippen LogP contribution in [0, 0.1) is 0 Å². The van der Waals surface area contributed by atoms with Crippen LogP contribution in [0.5, 0.6) is 5.75 Å². The van der Waals surface area contributed by atoms with E-state index in [2.05, 4.69) is 13.8 Å². The van der Waals surface area contributed by atoms with E-state index in [1.165, 1.54) is 0 Å². The van der Waals surface area contributed by atoms with Gasteiger partial charge < -0.3 is 19.5 Å². The summed E-state index contributed by atoms with van der Waals surface area (Å²) in [6.45, 7) is 4.65. The maximum absolute atomic E-state index is 9.07. The van der Waals surface area contributed by atoms with E-state index in [4.69, 9.17) is 19.5 Å². The molecule has 0 spiro atoms. The maximum atomic E-state index is 9.07. The first-order chi connectivity index (χ1) is 8.46. The minimum Gasteiger partial charge on any atom is -0.491 e. The third-order valence-electron chi connectivity index (χ3n) is 3.15. The number of hydrogen-bond donors (Lipinski definition) is 2. The highest BCUT2D eigenvalue weighted by molar-refractivity contribution is 6.58. The van der Waals surface area contributed by atoms with Gasteiger partial charge >= 0.3 is 7.12 Å². The normalized spacial score (nSPS) is 21.9. The van der Waals surface area contributed by atoms with Crippen LogP contribution in [-0.4, -0.2) is 35.5 Å². The fourth-order valence-corrected chi connectivity index (χ4v) is 2.15. The molecule has 5 heteroatoms.